The van der Waals surface area contributed by atoms with Crippen LogP contribution in [0.1, 0.15) is 6.42 Å². The molecule has 2 aromatic rings. The summed E-state index contributed by atoms with van der Waals surface area (Å²) in [6.07, 6.45) is 3.10. The van der Waals surface area contributed by atoms with Crippen LogP contribution in [-0.4, -0.2) is 55.8 Å². The molecule has 0 saturated carbocycles. The molecule has 0 bridgehead atoms. The summed E-state index contributed by atoms with van der Waals surface area (Å²) < 4.78 is 5.49. The highest BCUT2D eigenvalue weighted by molar-refractivity contribution is 6.31. The van der Waals surface area contributed by atoms with Crippen LogP contribution in [0.3, 0.4) is 0 Å². The Kier molecular flexibility index (Phi) is 4.38. The van der Waals surface area contributed by atoms with Gasteiger partial charge in [0.15, 0.2) is 0 Å². The molecule has 2 aliphatic rings. The van der Waals surface area contributed by atoms with Gasteiger partial charge in [-0.25, -0.2) is 0 Å². The van der Waals surface area contributed by atoms with E-state index in [9.17, 15) is 0 Å². The first-order valence-corrected chi connectivity index (χ1v) is 8.77. The van der Waals surface area contributed by atoms with Crippen molar-refractivity contribution >= 4 is 28.2 Å². The number of halogens is 1. The summed E-state index contributed by atoms with van der Waals surface area (Å²) in [4.78, 5) is 9.50. The van der Waals surface area contributed by atoms with Crippen LogP contribution in [0, 0.1) is 5.92 Å². The summed E-state index contributed by atoms with van der Waals surface area (Å²) in [7, 11) is 0. The van der Waals surface area contributed by atoms with Gasteiger partial charge in [0.25, 0.3) is 0 Å². The molecule has 2 aliphatic heterocycles. The number of piperazine rings is 1. The third kappa shape index (κ3) is 3.30. The van der Waals surface area contributed by atoms with Gasteiger partial charge in [0.1, 0.15) is 0 Å². The highest BCUT2D eigenvalue weighted by Crippen LogP contribution is 2.28. The van der Waals surface area contributed by atoms with Crippen molar-refractivity contribution < 1.29 is 4.74 Å². The van der Waals surface area contributed by atoms with Crippen molar-refractivity contribution in [1.29, 1.82) is 0 Å². The zero-order chi connectivity index (χ0) is 15.6. The molecule has 4 nitrogen and oxygen atoms in total. The first-order valence-electron chi connectivity index (χ1n) is 8.39. The molecule has 122 valence electrons. The van der Waals surface area contributed by atoms with Gasteiger partial charge in [0.2, 0.25) is 0 Å². The van der Waals surface area contributed by atoms with Gasteiger partial charge in [0, 0.05) is 61.6 Å². The molecule has 1 atom stereocenters. The fraction of sp³-hybridized carbons (Fsp3) is 0.500. The van der Waals surface area contributed by atoms with Crippen LogP contribution in [0.15, 0.2) is 30.5 Å². The van der Waals surface area contributed by atoms with Crippen molar-refractivity contribution in [2.75, 3.05) is 50.8 Å². The van der Waals surface area contributed by atoms with E-state index in [1.165, 1.54) is 24.0 Å². The van der Waals surface area contributed by atoms with Crippen molar-refractivity contribution in [3.63, 3.8) is 0 Å². The van der Waals surface area contributed by atoms with Gasteiger partial charge in [0.05, 0.1) is 12.1 Å². The van der Waals surface area contributed by atoms with E-state index < -0.39 is 0 Å². The van der Waals surface area contributed by atoms with Crippen LogP contribution >= 0.6 is 11.6 Å². The maximum atomic E-state index is 6.09. The van der Waals surface area contributed by atoms with Gasteiger partial charge in [-0.05, 0) is 36.6 Å². The highest BCUT2D eigenvalue weighted by Gasteiger charge is 2.23. The second-order valence-corrected chi connectivity index (χ2v) is 6.95. The quantitative estimate of drug-likeness (QED) is 0.864. The molecule has 4 rings (SSSR count). The number of hydrogen-bond acceptors (Lipinski definition) is 4. The molecule has 0 aliphatic carbocycles. The van der Waals surface area contributed by atoms with Crippen LogP contribution in [-0.2, 0) is 4.74 Å². The van der Waals surface area contributed by atoms with Gasteiger partial charge < -0.3 is 9.64 Å². The zero-order valence-electron chi connectivity index (χ0n) is 13.2. The van der Waals surface area contributed by atoms with Gasteiger partial charge in [-0.1, -0.05) is 11.6 Å². The Morgan fingerprint density at radius 3 is 2.83 bits per heavy atom. The third-order valence-corrected chi connectivity index (χ3v) is 5.17. The smallest absolute Gasteiger partial charge is 0.0737 e. The van der Waals surface area contributed by atoms with Crippen LogP contribution in [0.25, 0.3) is 10.9 Å². The molecule has 0 N–H and O–H groups in total. The summed E-state index contributed by atoms with van der Waals surface area (Å²) in [5.41, 5.74) is 2.25. The van der Waals surface area contributed by atoms with E-state index in [4.69, 9.17) is 16.3 Å². The molecule has 1 aromatic carbocycles. The normalized spacial score (nSPS) is 22.8. The molecule has 0 radical (unpaired) electrons. The van der Waals surface area contributed by atoms with Crippen molar-refractivity contribution in [2.45, 2.75) is 6.42 Å². The van der Waals surface area contributed by atoms with E-state index in [1.807, 2.05) is 18.3 Å². The molecule has 2 fully saturated rings. The lowest BCUT2D eigenvalue weighted by molar-refractivity contribution is 0.164. The Hall–Kier alpha value is -1.36. The van der Waals surface area contributed by atoms with E-state index >= 15 is 0 Å². The second-order valence-electron chi connectivity index (χ2n) is 6.51. The van der Waals surface area contributed by atoms with E-state index in [0.29, 0.717) is 0 Å². The lowest BCUT2D eigenvalue weighted by Gasteiger charge is -2.37. The molecular formula is C18H22ClN3O. The van der Waals surface area contributed by atoms with Crippen molar-refractivity contribution in [2.24, 2.45) is 5.92 Å². The van der Waals surface area contributed by atoms with Gasteiger partial charge >= 0.3 is 0 Å². The van der Waals surface area contributed by atoms with Gasteiger partial charge in [-0.3, -0.25) is 9.88 Å². The first kappa shape index (κ1) is 15.2. The number of anilines is 1. The summed E-state index contributed by atoms with van der Waals surface area (Å²) in [6, 6.07) is 8.10. The number of benzene rings is 1. The number of pyridine rings is 1. The number of hydrogen-bond donors (Lipinski definition) is 0. The molecule has 0 amide bonds. The highest BCUT2D eigenvalue weighted by atomic mass is 35.5. The van der Waals surface area contributed by atoms with E-state index in [2.05, 4.69) is 26.9 Å². The molecule has 3 heterocycles. The SMILES string of the molecule is Clc1ccc2c(N3CCN(CC4CCOC4)CC3)ccnc2c1. The Labute approximate surface area is 142 Å². The number of ether oxygens (including phenoxy) is 1. The molecular weight excluding hydrogens is 310 g/mol. The van der Waals surface area contributed by atoms with Gasteiger partial charge in [-0.15, -0.1) is 0 Å². The first-order chi connectivity index (χ1) is 11.3. The zero-order valence-corrected chi connectivity index (χ0v) is 14.0. The predicted molar refractivity (Wildman–Crippen MR) is 94.3 cm³/mol. The number of aromatic nitrogens is 1. The lowest BCUT2D eigenvalue weighted by Crippen LogP contribution is -2.48. The minimum Gasteiger partial charge on any atom is -0.381 e. The summed E-state index contributed by atoms with van der Waals surface area (Å²) in [5, 5.41) is 1.93. The largest absolute Gasteiger partial charge is 0.381 e. The predicted octanol–water partition coefficient (Wildman–Crippen LogP) is 3.05. The van der Waals surface area contributed by atoms with Crippen molar-refractivity contribution in [3.8, 4) is 0 Å². The van der Waals surface area contributed by atoms with Crippen LogP contribution in [0.2, 0.25) is 5.02 Å². The second kappa shape index (κ2) is 6.63. The Bertz CT molecular complexity index is 679. The number of rotatable bonds is 3. The molecule has 0 spiro atoms. The van der Waals surface area contributed by atoms with E-state index in [1.54, 1.807) is 0 Å². The Morgan fingerprint density at radius 1 is 1.17 bits per heavy atom. The molecule has 2 saturated heterocycles. The lowest BCUT2D eigenvalue weighted by atomic mass is 10.1. The fourth-order valence-electron chi connectivity index (χ4n) is 3.65. The summed E-state index contributed by atoms with van der Waals surface area (Å²) in [5.74, 6) is 0.727. The van der Waals surface area contributed by atoms with Crippen LogP contribution in [0.5, 0.6) is 0 Å². The minimum atomic E-state index is 0.727. The van der Waals surface area contributed by atoms with E-state index in [0.717, 1.165) is 55.9 Å². The standard InChI is InChI=1S/C18H22ClN3O/c19-15-1-2-16-17(11-15)20-5-3-18(16)22-8-6-21(7-9-22)12-14-4-10-23-13-14/h1-3,5,11,14H,4,6-10,12-13H2. The minimum absolute atomic E-state index is 0.727. The molecule has 1 aromatic heterocycles. The van der Waals surface area contributed by atoms with Gasteiger partial charge in [-0.2, -0.15) is 0 Å². The third-order valence-electron chi connectivity index (χ3n) is 4.94. The Morgan fingerprint density at radius 2 is 2.04 bits per heavy atom. The van der Waals surface area contributed by atoms with Crippen molar-refractivity contribution in [1.82, 2.24) is 9.88 Å². The van der Waals surface area contributed by atoms with E-state index in [-0.39, 0.29) is 0 Å². The average molecular weight is 332 g/mol. The molecule has 23 heavy (non-hydrogen) atoms. The summed E-state index contributed by atoms with van der Waals surface area (Å²) in [6.45, 7) is 7.43. The van der Waals surface area contributed by atoms with Crippen LogP contribution < -0.4 is 4.90 Å². The number of nitrogens with zero attached hydrogens (tertiary/aromatic N) is 3. The van der Waals surface area contributed by atoms with Crippen LogP contribution in [0.4, 0.5) is 5.69 Å². The maximum absolute atomic E-state index is 6.09. The monoisotopic (exact) mass is 331 g/mol. The maximum Gasteiger partial charge on any atom is 0.0737 e. The number of fused-ring (bicyclic) bond motifs is 1. The average Bonchev–Trinajstić information content (AvgIpc) is 3.08. The fourth-order valence-corrected chi connectivity index (χ4v) is 3.81. The Balaban J connectivity index is 1.46. The topological polar surface area (TPSA) is 28.6 Å². The molecule has 5 heteroatoms. The summed E-state index contributed by atoms with van der Waals surface area (Å²) >= 11 is 6.09. The van der Waals surface area contributed by atoms with Crippen molar-refractivity contribution in [3.05, 3.63) is 35.5 Å². The molecule has 1 unspecified atom stereocenters.